The monoisotopic (exact) mass is 320 g/mol. The summed E-state index contributed by atoms with van der Waals surface area (Å²) in [5.74, 6) is -0.368. The minimum Gasteiger partial charge on any atom is -0.507 e. The molecule has 0 aliphatic rings. The number of phenols is 1. The van der Waals surface area contributed by atoms with Crippen LogP contribution < -0.4 is 5.32 Å². The van der Waals surface area contributed by atoms with E-state index in [4.69, 9.17) is 5.26 Å². The highest BCUT2D eigenvalue weighted by Crippen LogP contribution is 2.23. The minimum atomic E-state index is -0.509. The molecule has 2 rings (SSSR count). The average Bonchev–Trinajstić information content (AvgIpc) is 2.70. The van der Waals surface area contributed by atoms with Gasteiger partial charge in [-0.25, -0.2) is 0 Å². The number of aromatic hydroxyl groups is 1. The molecule has 1 amide bonds. The Bertz CT molecular complexity index is 688. The van der Waals surface area contributed by atoms with Crippen molar-refractivity contribution in [2.24, 2.45) is 7.05 Å². The van der Waals surface area contributed by atoms with E-state index in [0.717, 1.165) is 0 Å². The number of aromatic nitrogens is 2. The first-order valence-corrected chi connectivity index (χ1v) is 6.04. The van der Waals surface area contributed by atoms with Crippen LogP contribution in [0.5, 0.6) is 5.75 Å². The fourth-order valence-corrected chi connectivity index (χ4v) is 1.89. The zero-order valence-electron chi connectivity index (χ0n) is 9.88. The molecule has 1 aromatic carbocycles. The number of phenolic OH excluding ortho intramolecular Hbond substituents is 1. The van der Waals surface area contributed by atoms with Crippen LogP contribution in [-0.4, -0.2) is 20.8 Å². The molecule has 1 heterocycles. The number of nitrogens with one attached hydrogen (secondary N) is 1. The number of amides is 1. The number of aryl methyl sites for hydroxylation is 1. The molecule has 0 fully saturated rings. The third-order valence-electron chi connectivity index (χ3n) is 2.50. The molecule has 1 aromatic heterocycles. The molecule has 2 N–H and O–H groups in total. The van der Waals surface area contributed by atoms with Crippen LogP contribution in [0.25, 0.3) is 0 Å². The molecule has 0 aliphatic heterocycles. The van der Waals surface area contributed by atoms with E-state index in [2.05, 4.69) is 26.3 Å². The number of carbonyl (C=O) groups excluding carboxylic acids is 1. The first kappa shape index (κ1) is 13.1. The van der Waals surface area contributed by atoms with Gasteiger partial charge in [0.2, 0.25) is 0 Å². The number of halogens is 1. The topological polar surface area (TPSA) is 90.9 Å². The standard InChI is InChI=1S/C12H9BrN4O2/c1-17-11(7(5-14)6-15-17)16-12(19)9-3-2-8(13)4-10(9)18/h2-4,6,18H,1H3,(H,16,19). The van der Waals surface area contributed by atoms with E-state index in [9.17, 15) is 9.90 Å². The van der Waals surface area contributed by atoms with Gasteiger partial charge >= 0.3 is 0 Å². The van der Waals surface area contributed by atoms with Gasteiger partial charge in [-0.3, -0.25) is 9.48 Å². The van der Waals surface area contributed by atoms with Crippen molar-refractivity contribution < 1.29 is 9.90 Å². The lowest BCUT2D eigenvalue weighted by Gasteiger charge is -2.07. The molecule has 0 spiro atoms. The molecule has 96 valence electrons. The third-order valence-corrected chi connectivity index (χ3v) is 2.99. The van der Waals surface area contributed by atoms with Crippen molar-refractivity contribution in [3.05, 3.63) is 40.0 Å². The quantitative estimate of drug-likeness (QED) is 0.885. The highest BCUT2D eigenvalue weighted by Gasteiger charge is 2.16. The predicted octanol–water partition coefficient (Wildman–Crippen LogP) is 2.01. The summed E-state index contributed by atoms with van der Waals surface area (Å²) in [4.78, 5) is 12.0. The van der Waals surface area contributed by atoms with E-state index in [1.54, 1.807) is 13.1 Å². The maximum absolute atomic E-state index is 12.0. The van der Waals surface area contributed by atoms with Gasteiger partial charge in [0.1, 0.15) is 23.2 Å². The fraction of sp³-hybridized carbons (Fsp3) is 0.0833. The number of benzene rings is 1. The maximum atomic E-state index is 12.0. The lowest BCUT2D eigenvalue weighted by Crippen LogP contribution is -2.15. The largest absolute Gasteiger partial charge is 0.507 e. The van der Waals surface area contributed by atoms with Gasteiger partial charge in [-0.15, -0.1) is 0 Å². The maximum Gasteiger partial charge on any atom is 0.260 e. The van der Waals surface area contributed by atoms with Gasteiger partial charge in [0.05, 0.1) is 11.8 Å². The Balaban J connectivity index is 2.31. The van der Waals surface area contributed by atoms with E-state index >= 15 is 0 Å². The molecule has 19 heavy (non-hydrogen) atoms. The lowest BCUT2D eigenvalue weighted by molar-refractivity contribution is 0.102. The van der Waals surface area contributed by atoms with Gasteiger partial charge in [0.25, 0.3) is 5.91 Å². The van der Waals surface area contributed by atoms with Crippen molar-refractivity contribution in [1.29, 1.82) is 5.26 Å². The van der Waals surface area contributed by atoms with Gasteiger partial charge < -0.3 is 10.4 Å². The fourth-order valence-electron chi connectivity index (χ4n) is 1.54. The summed E-state index contributed by atoms with van der Waals surface area (Å²) in [5.41, 5.74) is 0.376. The van der Waals surface area contributed by atoms with Gasteiger partial charge in [0, 0.05) is 11.5 Å². The summed E-state index contributed by atoms with van der Waals surface area (Å²) < 4.78 is 2.05. The van der Waals surface area contributed by atoms with Crippen LogP contribution in [0, 0.1) is 11.3 Å². The van der Waals surface area contributed by atoms with Gasteiger partial charge in [-0.2, -0.15) is 10.4 Å². The van der Waals surface area contributed by atoms with E-state index in [1.165, 1.54) is 23.0 Å². The van der Waals surface area contributed by atoms with Crippen LogP contribution in [0.4, 0.5) is 5.82 Å². The molecule has 0 bridgehead atoms. The molecule has 6 nitrogen and oxygen atoms in total. The van der Waals surface area contributed by atoms with Crippen molar-refractivity contribution in [2.45, 2.75) is 0 Å². The molecule has 0 saturated carbocycles. The summed E-state index contributed by atoms with van der Waals surface area (Å²) in [7, 11) is 1.61. The zero-order valence-corrected chi connectivity index (χ0v) is 11.5. The average molecular weight is 321 g/mol. The summed E-state index contributed by atoms with van der Waals surface area (Å²) in [6.45, 7) is 0. The summed E-state index contributed by atoms with van der Waals surface area (Å²) >= 11 is 3.19. The van der Waals surface area contributed by atoms with Gasteiger partial charge in [0.15, 0.2) is 0 Å². The highest BCUT2D eigenvalue weighted by molar-refractivity contribution is 9.10. The Kier molecular flexibility index (Phi) is 3.53. The molecule has 0 aliphatic carbocycles. The summed E-state index contributed by atoms with van der Waals surface area (Å²) in [5, 5.41) is 25.0. The van der Waals surface area contributed by atoms with Crippen LogP contribution in [0.15, 0.2) is 28.9 Å². The Hall–Kier alpha value is -2.33. The van der Waals surface area contributed by atoms with Crippen molar-refractivity contribution in [3.63, 3.8) is 0 Å². The highest BCUT2D eigenvalue weighted by atomic mass is 79.9. The van der Waals surface area contributed by atoms with Crippen molar-refractivity contribution >= 4 is 27.7 Å². The van der Waals surface area contributed by atoms with Crippen LogP contribution in [0.3, 0.4) is 0 Å². The van der Waals surface area contributed by atoms with Crippen molar-refractivity contribution in [2.75, 3.05) is 5.32 Å². The number of rotatable bonds is 2. The van der Waals surface area contributed by atoms with Crippen LogP contribution >= 0.6 is 15.9 Å². The first-order chi connectivity index (χ1) is 9.02. The van der Waals surface area contributed by atoms with Crippen molar-refractivity contribution in [3.8, 4) is 11.8 Å². The number of nitrogens with zero attached hydrogens (tertiary/aromatic N) is 3. The lowest BCUT2D eigenvalue weighted by atomic mass is 10.2. The predicted molar refractivity (Wildman–Crippen MR) is 71.7 cm³/mol. The van der Waals surface area contributed by atoms with Crippen molar-refractivity contribution in [1.82, 2.24) is 9.78 Å². The van der Waals surface area contributed by atoms with Gasteiger partial charge in [-0.05, 0) is 18.2 Å². The Labute approximate surface area is 117 Å². The molecular formula is C12H9BrN4O2. The van der Waals surface area contributed by atoms with Crippen LogP contribution in [0.1, 0.15) is 15.9 Å². The molecule has 2 aromatic rings. The Morgan fingerprint density at radius 1 is 1.58 bits per heavy atom. The normalized spacial score (nSPS) is 9.95. The molecule has 7 heteroatoms. The molecule has 0 atom stereocenters. The van der Waals surface area contributed by atoms with Gasteiger partial charge in [-0.1, -0.05) is 15.9 Å². The number of hydrogen-bond donors (Lipinski definition) is 2. The van der Waals surface area contributed by atoms with E-state index < -0.39 is 5.91 Å². The number of carbonyl (C=O) groups is 1. The molecular weight excluding hydrogens is 312 g/mol. The summed E-state index contributed by atoms with van der Waals surface area (Å²) in [6.07, 6.45) is 1.36. The smallest absolute Gasteiger partial charge is 0.260 e. The molecule has 0 radical (unpaired) electrons. The number of nitriles is 1. The second-order valence-corrected chi connectivity index (χ2v) is 4.67. The van der Waals surface area contributed by atoms with E-state index in [1.807, 2.05) is 6.07 Å². The SMILES string of the molecule is Cn1ncc(C#N)c1NC(=O)c1ccc(Br)cc1O. The first-order valence-electron chi connectivity index (χ1n) is 5.25. The van der Waals surface area contributed by atoms with E-state index in [0.29, 0.717) is 4.47 Å². The zero-order chi connectivity index (χ0) is 14.0. The molecule has 0 unspecified atom stereocenters. The van der Waals surface area contributed by atoms with Crippen LogP contribution in [-0.2, 0) is 7.05 Å². The summed E-state index contributed by atoms with van der Waals surface area (Å²) in [6, 6.07) is 6.47. The minimum absolute atomic E-state index is 0.119. The Morgan fingerprint density at radius 3 is 2.95 bits per heavy atom. The number of anilines is 1. The Morgan fingerprint density at radius 2 is 2.32 bits per heavy atom. The third kappa shape index (κ3) is 2.58. The second-order valence-electron chi connectivity index (χ2n) is 3.76. The molecule has 0 saturated heterocycles. The number of hydrogen-bond acceptors (Lipinski definition) is 4. The van der Waals surface area contributed by atoms with Crippen LogP contribution in [0.2, 0.25) is 0 Å². The van der Waals surface area contributed by atoms with E-state index in [-0.39, 0.29) is 22.7 Å². The second kappa shape index (κ2) is 5.12.